The summed E-state index contributed by atoms with van der Waals surface area (Å²) in [6, 6.07) is 17.4. The molecule has 0 saturated carbocycles. The molecule has 0 spiro atoms. The van der Waals surface area contributed by atoms with E-state index in [1.54, 1.807) is 33.8 Å². The van der Waals surface area contributed by atoms with Gasteiger partial charge in [-0.3, -0.25) is 9.69 Å². The molecular formula is C32H35N3O7S. The van der Waals surface area contributed by atoms with Crippen molar-refractivity contribution in [2.75, 3.05) is 41.8 Å². The van der Waals surface area contributed by atoms with E-state index in [2.05, 4.69) is 15.2 Å². The molecule has 1 aliphatic rings. The number of aromatic nitrogens is 1. The minimum atomic E-state index is -0.228. The molecule has 1 aromatic heterocycles. The van der Waals surface area contributed by atoms with Crippen molar-refractivity contribution < 1.29 is 33.2 Å². The van der Waals surface area contributed by atoms with Crippen molar-refractivity contribution in [3.8, 4) is 34.5 Å². The molecule has 0 bridgehead atoms. The number of thiazole rings is 1. The molecule has 226 valence electrons. The summed E-state index contributed by atoms with van der Waals surface area (Å²) in [4.78, 5) is 19.9. The van der Waals surface area contributed by atoms with Crippen LogP contribution in [0.4, 0.5) is 0 Å². The SMILES string of the molecule is COc1ccc(CN(CCc2ccc(OC)c(OC)c2)Cc2nc(C(=O)NCc3ccc4c(c3)OCO4)cs2)c(OC)c1. The number of amides is 1. The second kappa shape index (κ2) is 14.1. The molecule has 3 aromatic carbocycles. The van der Waals surface area contributed by atoms with Crippen LogP contribution in [0.15, 0.2) is 60.0 Å². The van der Waals surface area contributed by atoms with Crippen LogP contribution in [0, 0.1) is 0 Å². The molecule has 43 heavy (non-hydrogen) atoms. The van der Waals surface area contributed by atoms with Crippen LogP contribution in [0.3, 0.4) is 0 Å². The van der Waals surface area contributed by atoms with Crippen molar-refractivity contribution in [3.63, 3.8) is 0 Å². The minimum Gasteiger partial charge on any atom is -0.497 e. The molecule has 0 saturated heterocycles. The predicted molar refractivity (Wildman–Crippen MR) is 163 cm³/mol. The zero-order valence-corrected chi connectivity index (χ0v) is 25.5. The molecule has 0 unspecified atom stereocenters. The summed E-state index contributed by atoms with van der Waals surface area (Å²) < 4.78 is 32.7. The molecule has 4 aromatic rings. The van der Waals surface area contributed by atoms with Crippen LogP contribution in [0.5, 0.6) is 34.5 Å². The van der Waals surface area contributed by atoms with E-state index in [0.29, 0.717) is 48.3 Å². The summed E-state index contributed by atoms with van der Waals surface area (Å²) in [5, 5.41) is 5.59. The molecule has 0 fully saturated rings. The normalized spacial score (nSPS) is 11.8. The standard InChI is InChI=1S/C32H35N3O7S/c1-37-24-8-7-23(28(15-24)39-3)17-35(12-11-21-5-9-26(38-2)29(13-21)40-4)18-31-34-25(19-43-31)32(36)33-16-22-6-10-27-30(14-22)42-20-41-27/h5-10,13-15,19H,11-12,16-18,20H2,1-4H3,(H,33,36). The molecule has 0 atom stereocenters. The van der Waals surface area contributed by atoms with Gasteiger partial charge in [0.25, 0.3) is 5.91 Å². The number of carbonyl (C=O) groups excluding carboxylic acids is 1. The van der Waals surface area contributed by atoms with Crippen LogP contribution >= 0.6 is 11.3 Å². The Morgan fingerprint density at radius 1 is 0.860 bits per heavy atom. The Balaban J connectivity index is 1.28. The highest BCUT2D eigenvalue weighted by Crippen LogP contribution is 2.33. The Labute approximate surface area is 255 Å². The molecule has 11 heteroatoms. The lowest BCUT2D eigenvalue weighted by Crippen LogP contribution is -2.26. The number of hydrogen-bond donors (Lipinski definition) is 1. The number of benzene rings is 3. The van der Waals surface area contributed by atoms with Gasteiger partial charge >= 0.3 is 0 Å². The highest BCUT2D eigenvalue weighted by molar-refractivity contribution is 7.09. The van der Waals surface area contributed by atoms with Crippen LogP contribution in [0.2, 0.25) is 0 Å². The van der Waals surface area contributed by atoms with E-state index < -0.39 is 0 Å². The monoisotopic (exact) mass is 605 g/mol. The number of ether oxygens (including phenoxy) is 6. The summed E-state index contributed by atoms with van der Waals surface area (Å²) in [6.07, 6.45) is 0.771. The third-order valence-electron chi connectivity index (χ3n) is 7.09. The summed E-state index contributed by atoms with van der Waals surface area (Å²) >= 11 is 1.47. The zero-order valence-electron chi connectivity index (χ0n) is 24.7. The number of nitrogens with zero attached hydrogens (tertiary/aromatic N) is 2. The molecule has 0 aliphatic carbocycles. The van der Waals surface area contributed by atoms with Crippen LogP contribution in [0.1, 0.15) is 32.2 Å². The van der Waals surface area contributed by atoms with Gasteiger partial charge in [-0.15, -0.1) is 11.3 Å². The summed E-state index contributed by atoms with van der Waals surface area (Å²) in [5.74, 6) is 4.03. The van der Waals surface area contributed by atoms with Crippen molar-refractivity contribution >= 4 is 17.2 Å². The first-order valence-electron chi connectivity index (χ1n) is 13.7. The lowest BCUT2D eigenvalue weighted by atomic mass is 10.1. The highest BCUT2D eigenvalue weighted by Gasteiger charge is 2.18. The lowest BCUT2D eigenvalue weighted by Gasteiger charge is -2.23. The van der Waals surface area contributed by atoms with Crippen LogP contribution in [0.25, 0.3) is 0 Å². The maximum Gasteiger partial charge on any atom is 0.271 e. The second-order valence-corrected chi connectivity index (χ2v) is 10.8. The van der Waals surface area contributed by atoms with E-state index in [9.17, 15) is 4.79 Å². The van der Waals surface area contributed by atoms with Crippen molar-refractivity contribution in [1.29, 1.82) is 0 Å². The molecular weight excluding hydrogens is 570 g/mol. The Morgan fingerprint density at radius 3 is 2.44 bits per heavy atom. The van der Waals surface area contributed by atoms with Crippen molar-refractivity contribution in [3.05, 3.63) is 87.4 Å². The number of methoxy groups -OCH3 is 4. The lowest BCUT2D eigenvalue weighted by molar-refractivity contribution is 0.0946. The molecule has 0 radical (unpaired) electrons. The second-order valence-electron chi connectivity index (χ2n) is 9.82. The number of fused-ring (bicyclic) bond motifs is 1. The molecule has 1 amide bonds. The average molecular weight is 606 g/mol. The first-order chi connectivity index (χ1) is 21.0. The fourth-order valence-corrected chi connectivity index (χ4v) is 5.58. The van der Waals surface area contributed by atoms with Crippen LogP contribution in [-0.2, 0) is 26.1 Å². The highest BCUT2D eigenvalue weighted by atomic mass is 32.1. The molecule has 5 rings (SSSR count). The van der Waals surface area contributed by atoms with Crippen molar-refractivity contribution in [2.24, 2.45) is 0 Å². The van der Waals surface area contributed by atoms with E-state index in [1.807, 2.05) is 54.6 Å². The van der Waals surface area contributed by atoms with Crippen LogP contribution < -0.4 is 33.7 Å². The van der Waals surface area contributed by atoms with E-state index in [1.165, 1.54) is 11.3 Å². The third kappa shape index (κ3) is 7.49. The summed E-state index contributed by atoms with van der Waals surface area (Å²) in [6.45, 7) is 2.48. The van der Waals surface area contributed by atoms with Gasteiger partial charge in [0.05, 0.1) is 35.0 Å². The Bertz CT molecular complexity index is 1560. The number of carbonyl (C=O) groups is 1. The maximum absolute atomic E-state index is 12.9. The summed E-state index contributed by atoms with van der Waals surface area (Å²) in [5.41, 5.74) is 3.45. The van der Waals surface area contributed by atoms with Gasteiger partial charge in [-0.1, -0.05) is 18.2 Å². The largest absolute Gasteiger partial charge is 0.497 e. The van der Waals surface area contributed by atoms with Gasteiger partial charge in [-0.25, -0.2) is 4.98 Å². The van der Waals surface area contributed by atoms with Gasteiger partial charge in [0.1, 0.15) is 22.2 Å². The number of rotatable bonds is 14. The third-order valence-corrected chi connectivity index (χ3v) is 7.92. The quantitative estimate of drug-likeness (QED) is 0.211. The maximum atomic E-state index is 12.9. The summed E-state index contributed by atoms with van der Waals surface area (Å²) in [7, 11) is 6.55. The van der Waals surface area contributed by atoms with E-state index >= 15 is 0 Å². The van der Waals surface area contributed by atoms with E-state index in [-0.39, 0.29) is 12.7 Å². The first kappa shape index (κ1) is 30.0. The van der Waals surface area contributed by atoms with Gasteiger partial charge in [0.15, 0.2) is 23.0 Å². The predicted octanol–water partition coefficient (Wildman–Crippen LogP) is 5.08. The smallest absolute Gasteiger partial charge is 0.271 e. The van der Waals surface area contributed by atoms with Gasteiger partial charge in [0, 0.05) is 36.6 Å². The Kier molecular flexibility index (Phi) is 9.85. The van der Waals surface area contributed by atoms with Crippen LogP contribution in [-0.4, -0.2) is 57.6 Å². The van der Waals surface area contributed by atoms with Gasteiger partial charge in [-0.2, -0.15) is 0 Å². The molecule has 10 nitrogen and oxygen atoms in total. The molecule has 1 aliphatic heterocycles. The van der Waals surface area contributed by atoms with E-state index in [4.69, 9.17) is 28.4 Å². The van der Waals surface area contributed by atoms with Crippen molar-refractivity contribution in [1.82, 2.24) is 15.2 Å². The first-order valence-corrected chi connectivity index (χ1v) is 14.6. The zero-order chi connectivity index (χ0) is 30.2. The topological polar surface area (TPSA) is 101 Å². The van der Waals surface area contributed by atoms with Crippen molar-refractivity contribution in [2.45, 2.75) is 26.1 Å². The molecule has 2 heterocycles. The fourth-order valence-electron chi connectivity index (χ4n) is 4.76. The van der Waals surface area contributed by atoms with Gasteiger partial charge < -0.3 is 33.7 Å². The number of nitrogens with one attached hydrogen (secondary N) is 1. The van der Waals surface area contributed by atoms with Gasteiger partial charge in [-0.05, 0) is 47.9 Å². The van der Waals surface area contributed by atoms with Gasteiger partial charge in [0.2, 0.25) is 6.79 Å². The Hall–Kier alpha value is -4.48. The average Bonchev–Trinajstić information content (AvgIpc) is 3.72. The minimum absolute atomic E-state index is 0.212. The molecule has 1 N–H and O–H groups in total. The Morgan fingerprint density at radius 2 is 1.65 bits per heavy atom. The fraction of sp³-hybridized carbons (Fsp3) is 0.312. The number of hydrogen-bond acceptors (Lipinski definition) is 10. The van der Waals surface area contributed by atoms with E-state index in [0.717, 1.165) is 46.2 Å².